The van der Waals surface area contributed by atoms with E-state index < -0.39 is 0 Å². The number of nitrogens with one attached hydrogen (secondary N) is 3. The third kappa shape index (κ3) is 2.96. The van der Waals surface area contributed by atoms with Gasteiger partial charge in [0.2, 0.25) is 0 Å². The van der Waals surface area contributed by atoms with Gasteiger partial charge in [-0.1, -0.05) is 6.92 Å². The number of hydrogen-bond acceptors (Lipinski definition) is 2. The highest BCUT2D eigenvalue weighted by Gasteiger charge is 2.09. The molecule has 0 saturated heterocycles. The SMILES string of the molecule is CCNCCNC(=O)c1ccc2[nH]c(C)c(C)c2c1. The highest BCUT2D eigenvalue weighted by atomic mass is 16.1. The number of rotatable bonds is 5. The molecule has 0 unspecified atom stereocenters. The smallest absolute Gasteiger partial charge is 0.251 e. The first-order chi connectivity index (χ1) is 9.13. The van der Waals surface area contributed by atoms with Crippen LogP contribution in [0.15, 0.2) is 18.2 Å². The molecule has 4 nitrogen and oxygen atoms in total. The van der Waals surface area contributed by atoms with Crippen molar-refractivity contribution in [2.24, 2.45) is 0 Å². The van der Waals surface area contributed by atoms with Crippen LogP contribution >= 0.6 is 0 Å². The van der Waals surface area contributed by atoms with Gasteiger partial charge in [-0.05, 0) is 44.2 Å². The topological polar surface area (TPSA) is 56.9 Å². The zero-order valence-electron chi connectivity index (χ0n) is 11.8. The average molecular weight is 259 g/mol. The highest BCUT2D eigenvalue weighted by molar-refractivity contribution is 5.99. The Kier molecular flexibility index (Phi) is 4.22. The van der Waals surface area contributed by atoms with Gasteiger partial charge in [-0.2, -0.15) is 0 Å². The molecule has 102 valence electrons. The molecule has 1 heterocycles. The van der Waals surface area contributed by atoms with E-state index in [4.69, 9.17) is 0 Å². The number of fused-ring (bicyclic) bond motifs is 1. The lowest BCUT2D eigenvalue weighted by molar-refractivity contribution is 0.0954. The third-order valence-corrected chi connectivity index (χ3v) is 3.41. The van der Waals surface area contributed by atoms with Gasteiger partial charge in [-0.15, -0.1) is 0 Å². The Morgan fingerprint density at radius 3 is 2.79 bits per heavy atom. The van der Waals surface area contributed by atoms with Gasteiger partial charge in [-0.3, -0.25) is 4.79 Å². The molecular weight excluding hydrogens is 238 g/mol. The van der Waals surface area contributed by atoms with E-state index in [2.05, 4.69) is 22.5 Å². The van der Waals surface area contributed by atoms with Crippen LogP contribution in [0, 0.1) is 13.8 Å². The molecule has 3 N–H and O–H groups in total. The van der Waals surface area contributed by atoms with Crippen molar-refractivity contribution in [1.29, 1.82) is 0 Å². The molecule has 1 amide bonds. The second kappa shape index (κ2) is 5.89. The summed E-state index contributed by atoms with van der Waals surface area (Å²) in [7, 11) is 0. The van der Waals surface area contributed by atoms with Crippen molar-refractivity contribution in [2.45, 2.75) is 20.8 Å². The summed E-state index contributed by atoms with van der Waals surface area (Å²) in [6.45, 7) is 8.53. The molecule has 1 aromatic heterocycles. The quantitative estimate of drug-likeness (QED) is 0.720. The number of hydrogen-bond donors (Lipinski definition) is 3. The van der Waals surface area contributed by atoms with Crippen LogP contribution in [0.1, 0.15) is 28.5 Å². The summed E-state index contributed by atoms with van der Waals surface area (Å²) in [5.41, 5.74) is 4.15. The minimum atomic E-state index is -0.0157. The van der Waals surface area contributed by atoms with Crippen LogP contribution in [0.4, 0.5) is 0 Å². The van der Waals surface area contributed by atoms with Gasteiger partial charge in [0.25, 0.3) is 5.91 Å². The molecule has 0 radical (unpaired) electrons. The Labute approximate surface area is 113 Å². The number of aryl methyl sites for hydroxylation is 2. The van der Waals surface area contributed by atoms with Crippen molar-refractivity contribution in [2.75, 3.05) is 19.6 Å². The Hall–Kier alpha value is -1.81. The van der Waals surface area contributed by atoms with Crippen LogP contribution in [-0.4, -0.2) is 30.5 Å². The molecule has 1 aromatic carbocycles. The van der Waals surface area contributed by atoms with Gasteiger partial charge in [-0.25, -0.2) is 0 Å². The summed E-state index contributed by atoms with van der Waals surface area (Å²) in [5.74, 6) is -0.0157. The second-order valence-electron chi connectivity index (χ2n) is 4.74. The van der Waals surface area contributed by atoms with Crippen molar-refractivity contribution >= 4 is 16.8 Å². The molecule has 0 bridgehead atoms. The van der Waals surface area contributed by atoms with Gasteiger partial charge in [0.15, 0.2) is 0 Å². The van der Waals surface area contributed by atoms with Gasteiger partial charge in [0.1, 0.15) is 0 Å². The number of H-pyrrole nitrogens is 1. The highest BCUT2D eigenvalue weighted by Crippen LogP contribution is 2.22. The maximum Gasteiger partial charge on any atom is 0.251 e. The Bertz CT molecular complexity index is 586. The summed E-state index contributed by atoms with van der Waals surface area (Å²) in [5, 5.41) is 7.21. The van der Waals surface area contributed by atoms with Gasteiger partial charge in [0, 0.05) is 35.2 Å². The number of amides is 1. The largest absolute Gasteiger partial charge is 0.358 e. The van der Waals surface area contributed by atoms with Gasteiger partial charge in [0.05, 0.1) is 0 Å². The van der Waals surface area contributed by atoms with E-state index in [0.717, 1.165) is 29.7 Å². The van der Waals surface area contributed by atoms with Crippen LogP contribution in [0.25, 0.3) is 10.9 Å². The first kappa shape index (κ1) is 13.6. The molecule has 2 aromatic rings. The van der Waals surface area contributed by atoms with E-state index in [-0.39, 0.29) is 5.91 Å². The third-order valence-electron chi connectivity index (χ3n) is 3.41. The standard InChI is InChI=1S/C15H21N3O/c1-4-16-7-8-17-15(19)12-5-6-14-13(9-12)10(2)11(3)18-14/h5-6,9,16,18H,4,7-8H2,1-3H3,(H,17,19). The maximum absolute atomic E-state index is 12.0. The van der Waals surface area contributed by atoms with E-state index in [0.29, 0.717) is 12.1 Å². The Morgan fingerprint density at radius 1 is 1.26 bits per heavy atom. The normalized spacial score (nSPS) is 10.9. The lowest BCUT2D eigenvalue weighted by atomic mass is 10.1. The molecule has 2 rings (SSSR count). The summed E-state index contributed by atoms with van der Waals surface area (Å²) in [4.78, 5) is 15.3. The van der Waals surface area contributed by atoms with Gasteiger partial charge >= 0.3 is 0 Å². The van der Waals surface area contributed by atoms with Gasteiger partial charge < -0.3 is 15.6 Å². The number of aromatic amines is 1. The summed E-state index contributed by atoms with van der Waals surface area (Å²) < 4.78 is 0. The van der Waals surface area contributed by atoms with E-state index in [9.17, 15) is 4.79 Å². The van der Waals surface area contributed by atoms with Crippen LogP contribution < -0.4 is 10.6 Å². The van der Waals surface area contributed by atoms with E-state index >= 15 is 0 Å². The predicted molar refractivity (Wildman–Crippen MR) is 78.6 cm³/mol. The van der Waals surface area contributed by atoms with Crippen molar-refractivity contribution < 1.29 is 4.79 Å². The molecule has 4 heteroatoms. The first-order valence-corrected chi connectivity index (χ1v) is 6.71. The average Bonchev–Trinajstić information content (AvgIpc) is 2.70. The van der Waals surface area contributed by atoms with Crippen LogP contribution in [0.3, 0.4) is 0 Å². The van der Waals surface area contributed by atoms with Crippen LogP contribution in [0.2, 0.25) is 0 Å². The minimum absolute atomic E-state index is 0.0157. The monoisotopic (exact) mass is 259 g/mol. The summed E-state index contributed by atoms with van der Waals surface area (Å²) in [6, 6.07) is 5.78. The van der Waals surface area contributed by atoms with Crippen LogP contribution in [-0.2, 0) is 0 Å². The summed E-state index contributed by atoms with van der Waals surface area (Å²) in [6.07, 6.45) is 0. The van der Waals surface area contributed by atoms with Crippen LogP contribution in [0.5, 0.6) is 0 Å². The lowest BCUT2D eigenvalue weighted by Crippen LogP contribution is -2.31. The van der Waals surface area contributed by atoms with Crippen molar-refractivity contribution in [3.63, 3.8) is 0 Å². The maximum atomic E-state index is 12.0. The fraction of sp³-hybridized carbons (Fsp3) is 0.400. The van der Waals surface area contributed by atoms with Crippen molar-refractivity contribution in [3.05, 3.63) is 35.0 Å². The van der Waals surface area contributed by atoms with E-state index in [1.165, 1.54) is 5.56 Å². The molecule has 0 aliphatic carbocycles. The van der Waals surface area contributed by atoms with E-state index in [1.807, 2.05) is 32.0 Å². The van der Waals surface area contributed by atoms with Crippen molar-refractivity contribution in [3.8, 4) is 0 Å². The minimum Gasteiger partial charge on any atom is -0.358 e. The number of carbonyl (C=O) groups excluding carboxylic acids is 1. The van der Waals surface area contributed by atoms with E-state index in [1.54, 1.807) is 0 Å². The fourth-order valence-electron chi connectivity index (χ4n) is 2.15. The zero-order chi connectivity index (χ0) is 13.8. The molecule has 0 saturated carbocycles. The Morgan fingerprint density at radius 2 is 2.05 bits per heavy atom. The number of aromatic nitrogens is 1. The molecule has 0 aliphatic heterocycles. The molecule has 0 aliphatic rings. The predicted octanol–water partition coefficient (Wildman–Crippen LogP) is 2.12. The van der Waals surface area contributed by atoms with Crippen molar-refractivity contribution in [1.82, 2.24) is 15.6 Å². The molecule has 19 heavy (non-hydrogen) atoms. The molecule has 0 fully saturated rings. The number of benzene rings is 1. The lowest BCUT2D eigenvalue weighted by Gasteiger charge is -2.06. The number of likely N-dealkylation sites (N-methyl/N-ethyl adjacent to an activating group) is 1. The molecule has 0 atom stereocenters. The molecule has 0 spiro atoms. The number of carbonyl (C=O) groups is 1. The fourth-order valence-corrected chi connectivity index (χ4v) is 2.15. The second-order valence-corrected chi connectivity index (χ2v) is 4.74. The Balaban J connectivity index is 2.12. The summed E-state index contributed by atoms with van der Waals surface area (Å²) >= 11 is 0. The first-order valence-electron chi connectivity index (χ1n) is 6.71. The molecular formula is C15H21N3O. The zero-order valence-corrected chi connectivity index (χ0v) is 11.8.